The molecule has 0 N–H and O–H groups in total. The van der Waals surface area contributed by atoms with Crippen LogP contribution in [0, 0.1) is 0 Å². The molecule has 0 fully saturated rings. The number of hydrogen-bond acceptors (Lipinski definition) is 0. The van der Waals surface area contributed by atoms with Crippen LogP contribution >= 0.6 is 39.1 Å². The van der Waals surface area contributed by atoms with Crippen LogP contribution in [0.1, 0.15) is 58.4 Å². The van der Waals surface area contributed by atoms with E-state index in [4.69, 9.17) is 23.2 Å². The van der Waals surface area contributed by atoms with Gasteiger partial charge in [-0.1, -0.05) is 108 Å². The normalized spacial score (nSPS) is 16.9. The lowest BCUT2D eigenvalue weighted by Crippen LogP contribution is -2.42. The molecule has 4 aromatic rings. The molecule has 0 bridgehead atoms. The molecule has 0 saturated carbocycles. The first-order chi connectivity index (χ1) is 15.8. The SMILES string of the molecule is CC1(C)c2ccccc2C2(c3cc(Br)ccc3CCc3c(Cl)cc(Cl)cc32)c2ccccc21. The minimum Gasteiger partial charge on any atom is -0.0843 e. The summed E-state index contributed by atoms with van der Waals surface area (Å²) in [5, 5.41) is 1.43. The maximum atomic E-state index is 6.91. The Labute approximate surface area is 213 Å². The van der Waals surface area contributed by atoms with Crippen molar-refractivity contribution in [2.75, 3.05) is 0 Å². The molecule has 2 aliphatic rings. The second-order valence-corrected chi connectivity index (χ2v) is 11.4. The van der Waals surface area contributed by atoms with Crippen molar-refractivity contribution in [2.45, 2.75) is 37.5 Å². The zero-order valence-corrected chi connectivity index (χ0v) is 21.7. The summed E-state index contributed by atoms with van der Waals surface area (Å²) >= 11 is 17.4. The summed E-state index contributed by atoms with van der Waals surface area (Å²) in [5.74, 6) is 0. The smallest absolute Gasteiger partial charge is 0.0714 e. The molecular weight excluding hydrogens is 511 g/mol. The Hall–Kier alpha value is -2.06. The largest absolute Gasteiger partial charge is 0.0843 e. The first kappa shape index (κ1) is 21.5. The highest BCUT2D eigenvalue weighted by atomic mass is 79.9. The summed E-state index contributed by atoms with van der Waals surface area (Å²) in [7, 11) is 0. The van der Waals surface area contributed by atoms with Crippen LogP contribution in [-0.4, -0.2) is 0 Å². The van der Waals surface area contributed by atoms with Crippen molar-refractivity contribution in [3.8, 4) is 0 Å². The maximum absolute atomic E-state index is 6.91. The third-order valence-corrected chi connectivity index (χ3v) is 8.74. The fraction of sp³-hybridized carbons (Fsp3) is 0.200. The Morgan fingerprint density at radius 1 is 0.667 bits per heavy atom. The molecule has 164 valence electrons. The van der Waals surface area contributed by atoms with Crippen LogP contribution in [0.15, 0.2) is 83.3 Å². The lowest BCUT2D eigenvalue weighted by atomic mass is 9.54. The number of benzene rings is 4. The Kier molecular flexibility index (Phi) is 4.86. The molecule has 3 heteroatoms. The van der Waals surface area contributed by atoms with Gasteiger partial charge in [0.25, 0.3) is 0 Å². The Morgan fingerprint density at radius 2 is 1.27 bits per heavy atom. The fourth-order valence-electron chi connectivity index (χ4n) is 6.29. The summed E-state index contributed by atoms with van der Waals surface area (Å²) in [6.07, 6.45) is 1.82. The molecule has 0 heterocycles. The van der Waals surface area contributed by atoms with E-state index < -0.39 is 5.41 Å². The van der Waals surface area contributed by atoms with Gasteiger partial charge in [0.2, 0.25) is 0 Å². The molecular formula is C30H23BrCl2. The van der Waals surface area contributed by atoms with Crippen molar-refractivity contribution in [1.29, 1.82) is 0 Å². The zero-order chi connectivity index (χ0) is 23.0. The molecule has 0 amide bonds. The van der Waals surface area contributed by atoms with E-state index in [1.54, 1.807) is 0 Å². The van der Waals surface area contributed by atoms with Crippen molar-refractivity contribution >= 4 is 39.1 Å². The highest BCUT2D eigenvalue weighted by Gasteiger charge is 2.51. The van der Waals surface area contributed by atoms with Crippen LogP contribution in [-0.2, 0) is 23.7 Å². The summed E-state index contributed by atoms with van der Waals surface area (Å²) < 4.78 is 1.08. The van der Waals surface area contributed by atoms with Gasteiger partial charge in [0.15, 0.2) is 0 Å². The lowest BCUT2D eigenvalue weighted by molar-refractivity contribution is 0.557. The average Bonchev–Trinajstić information content (AvgIpc) is 2.93. The fourth-order valence-corrected chi connectivity index (χ4v) is 7.24. The second-order valence-electron chi connectivity index (χ2n) is 9.68. The highest BCUT2D eigenvalue weighted by molar-refractivity contribution is 9.10. The standard InChI is InChI=1S/C30H23BrCl2/c1-29(2)22-7-3-5-9-24(22)30(25-10-6-4-8-23(25)29)26-15-19(31)13-11-18(26)12-14-21-27(30)16-20(32)17-28(21)33/h3-11,13,15-17H,12,14H2,1-2H3. The molecule has 0 saturated heterocycles. The van der Waals surface area contributed by atoms with Crippen molar-refractivity contribution in [2.24, 2.45) is 0 Å². The predicted molar refractivity (Wildman–Crippen MR) is 142 cm³/mol. The Morgan fingerprint density at radius 3 is 1.91 bits per heavy atom. The van der Waals surface area contributed by atoms with E-state index in [0.717, 1.165) is 22.3 Å². The van der Waals surface area contributed by atoms with E-state index in [-0.39, 0.29) is 5.41 Å². The molecule has 6 rings (SSSR count). The van der Waals surface area contributed by atoms with Gasteiger partial charge in [-0.2, -0.15) is 0 Å². The molecule has 0 nitrogen and oxygen atoms in total. The Bertz CT molecular complexity index is 1380. The van der Waals surface area contributed by atoms with E-state index in [1.165, 1.54) is 44.5 Å². The molecule has 2 aliphatic carbocycles. The number of halogens is 3. The predicted octanol–water partition coefficient (Wildman–Crippen LogP) is 8.88. The molecule has 0 radical (unpaired) electrons. The maximum Gasteiger partial charge on any atom is 0.0714 e. The van der Waals surface area contributed by atoms with Crippen molar-refractivity contribution in [3.63, 3.8) is 0 Å². The first-order valence-corrected chi connectivity index (χ1v) is 12.9. The van der Waals surface area contributed by atoms with Gasteiger partial charge in [-0.25, -0.2) is 0 Å². The summed E-state index contributed by atoms with van der Waals surface area (Å²) in [4.78, 5) is 0. The summed E-state index contributed by atoms with van der Waals surface area (Å²) in [6, 6.07) is 28.6. The van der Waals surface area contributed by atoms with E-state index >= 15 is 0 Å². The highest BCUT2D eigenvalue weighted by Crippen LogP contribution is 2.58. The molecule has 0 aliphatic heterocycles. The average molecular weight is 534 g/mol. The lowest BCUT2D eigenvalue weighted by Gasteiger charge is -2.48. The molecule has 1 spiro atoms. The quantitative estimate of drug-likeness (QED) is 0.211. The van der Waals surface area contributed by atoms with Crippen LogP contribution in [0.2, 0.25) is 10.0 Å². The van der Waals surface area contributed by atoms with Crippen LogP contribution < -0.4 is 0 Å². The van der Waals surface area contributed by atoms with E-state index in [0.29, 0.717) is 5.02 Å². The number of fused-ring (bicyclic) bond motifs is 8. The van der Waals surface area contributed by atoms with Gasteiger partial charge in [0.05, 0.1) is 5.41 Å². The van der Waals surface area contributed by atoms with Gasteiger partial charge in [-0.3, -0.25) is 0 Å². The zero-order valence-electron chi connectivity index (χ0n) is 18.6. The molecule has 33 heavy (non-hydrogen) atoms. The number of aryl methyl sites for hydroxylation is 1. The number of hydrogen-bond donors (Lipinski definition) is 0. The molecule has 0 atom stereocenters. The number of rotatable bonds is 0. The van der Waals surface area contributed by atoms with E-state index in [1.807, 2.05) is 6.07 Å². The molecule has 0 aromatic heterocycles. The first-order valence-electron chi connectivity index (χ1n) is 11.3. The molecule has 0 unspecified atom stereocenters. The van der Waals surface area contributed by atoms with Crippen molar-refractivity contribution in [3.05, 3.63) is 138 Å². The third kappa shape index (κ3) is 2.89. The van der Waals surface area contributed by atoms with Gasteiger partial charge in [-0.05, 0) is 81.6 Å². The van der Waals surface area contributed by atoms with Gasteiger partial charge in [-0.15, -0.1) is 0 Å². The minimum atomic E-state index is -0.498. The second kappa shape index (κ2) is 7.47. The van der Waals surface area contributed by atoms with Gasteiger partial charge >= 0.3 is 0 Å². The third-order valence-electron chi connectivity index (χ3n) is 7.69. The van der Waals surface area contributed by atoms with Gasteiger partial charge in [0.1, 0.15) is 0 Å². The van der Waals surface area contributed by atoms with Crippen LogP contribution in [0.5, 0.6) is 0 Å². The van der Waals surface area contributed by atoms with Crippen LogP contribution in [0.3, 0.4) is 0 Å². The van der Waals surface area contributed by atoms with Gasteiger partial charge < -0.3 is 0 Å². The summed E-state index contributed by atoms with van der Waals surface area (Å²) in [5.41, 5.74) is 9.75. The van der Waals surface area contributed by atoms with Crippen LogP contribution in [0.4, 0.5) is 0 Å². The van der Waals surface area contributed by atoms with Crippen LogP contribution in [0.25, 0.3) is 0 Å². The van der Waals surface area contributed by atoms with Gasteiger partial charge in [0, 0.05) is 19.9 Å². The topological polar surface area (TPSA) is 0 Å². The monoisotopic (exact) mass is 532 g/mol. The summed E-state index contributed by atoms with van der Waals surface area (Å²) in [6.45, 7) is 4.67. The van der Waals surface area contributed by atoms with E-state index in [2.05, 4.69) is 103 Å². The Balaban J connectivity index is 1.91. The molecule has 4 aromatic carbocycles. The van der Waals surface area contributed by atoms with Crippen molar-refractivity contribution < 1.29 is 0 Å². The van der Waals surface area contributed by atoms with E-state index in [9.17, 15) is 0 Å². The minimum absolute atomic E-state index is 0.126. The van der Waals surface area contributed by atoms with Crippen molar-refractivity contribution in [1.82, 2.24) is 0 Å².